The van der Waals surface area contributed by atoms with Gasteiger partial charge in [0.2, 0.25) is 0 Å². The second-order valence-electron chi connectivity index (χ2n) is 3.77. The molecule has 0 aliphatic carbocycles. The van der Waals surface area contributed by atoms with Crippen molar-refractivity contribution in [3.8, 4) is 5.75 Å². The first-order valence-electron chi connectivity index (χ1n) is 5.03. The van der Waals surface area contributed by atoms with Gasteiger partial charge in [0, 0.05) is 4.88 Å². The molecule has 1 aromatic rings. The van der Waals surface area contributed by atoms with Crippen LogP contribution in [-0.4, -0.2) is 17.7 Å². The molecule has 4 heteroatoms. The Morgan fingerprint density at radius 2 is 2.27 bits per heavy atom. The zero-order valence-electron chi connectivity index (χ0n) is 9.24. The van der Waals surface area contributed by atoms with Crippen molar-refractivity contribution in [1.82, 2.24) is 0 Å². The molecular formula is C11H16O3S. The Bertz CT molecular complexity index is 342. The number of carboxylic acid groups (broad SMARTS) is 1. The van der Waals surface area contributed by atoms with Gasteiger partial charge in [-0.25, -0.2) is 4.79 Å². The summed E-state index contributed by atoms with van der Waals surface area (Å²) in [6, 6.07) is 1.83. The molecule has 0 radical (unpaired) electrons. The lowest BCUT2D eigenvalue weighted by molar-refractivity contribution is 0.0697. The fourth-order valence-corrected chi connectivity index (χ4v) is 1.99. The Balaban J connectivity index is 2.84. The number of carboxylic acids is 1. The molecule has 0 aromatic carbocycles. The highest BCUT2D eigenvalue weighted by Gasteiger charge is 2.16. The standard InChI is InChI=1S/C11H16O3S/c1-4-8-5-9(14-6-7(2)3)10(15-8)11(12)13/h5,7H,4,6H2,1-3H3,(H,12,13). The van der Waals surface area contributed by atoms with E-state index in [0.29, 0.717) is 23.2 Å². The molecule has 84 valence electrons. The first kappa shape index (κ1) is 12.0. The molecular weight excluding hydrogens is 212 g/mol. The first-order valence-corrected chi connectivity index (χ1v) is 5.85. The summed E-state index contributed by atoms with van der Waals surface area (Å²) in [6.07, 6.45) is 0.843. The summed E-state index contributed by atoms with van der Waals surface area (Å²) in [5.41, 5.74) is 0. The molecule has 0 amide bonds. The Morgan fingerprint density at radius 1 is 1.60 bits per heavy atom. The number of carbonyl (C=O) groups is 1. The van der Waals surface area contributed by atoms with Crippen LogP contribution in [-0.2, 0) is 6.42 Å². The normalized spacial score (nSPS) is 10.7. The van der Waals surface area contributed by atoms with Gasteiger partial charge in [-0.05, 0) is 18.4 Å². The van der Waals surface area contributed by atoms with Gasteiger partial charge in [0.05, 0.1) is 6.61 Å². The quantitative estimate of drug-likeness (QED) is 0.842. The third kappa shape index (κ3) is 3.23. The van der Waals surface area contributed by atoms with Crippen LogP contribution >= 0.6 is 11.3 Å². The molecule has 1 N–H and O–H groups in total. The highest BCUT2D eigenvalue weighted by atomic mass is 32.1. The predicted molar refractivity (Wildman–Crippen MR) is 61.0 cm³/mol. The lowest BCUT2D eigenvalue weighted by Gasteiger charge is -2.07. The Morgan fingerprint density at radius 3 is 2.73 bits per heavy atom. The van der Waals surface area contributed by atoms with Gasteiger partial charge in [-0.1, -0.05) is 20.8 Å². The largest absolute Gasteiger partial charge is 0.492 e. The van der Waals surface area contributed by atoms with Crippen LogP contribution in [0.1, 0.15) is 35.3 Å². The molecule has 0 unspecified atom stereocenters. The molecule has 0 aliphatic heterocycles. The molecule has 0 aliphatic rings. The number of aryl methyl sites for hydroxylation is 1. The molecule has 0 saturated heterocycles. The van der Waals surface area contributed by atoms with Crippen LogP contribution in [0.5, 0.6) is 5.75 Å². The first-order chi connectivity index (χ1) is 7.04. The summed E-state index contributed by atoms with van der Waals surface area (Å²) >= 11 is 1.29. The fourth-order valence-electron chi connectivity index (χ4n) is 1.11. The van der Waals surface area contributed by atoms with Gasteiger partial charge in [0.25, 0.3) is 0 Å². The molecule has 0 bridgehead atoms. The van der Waals surface area contributed by atoms with E-state index >= 15 is 0 Å². The summed E-state index contributed by atoms with van der Waals surface area (Å²) in [5, 5.41) is 8.97. The van der Waals surface area contributed by atoms with E-state index in [1.165, 1.54) is 11.3 Å². The van der Waals surface area contributed by atoms with Gasteiger partial charge in [-0.15, -0.1) is 11.3 Å². The van der Waals surface area contributed by atoms with Crippen molar-refractivity contribution >= 4 is 17.3 Å². The van der Waals surface area contributed by atoms with E-state index in [2.05, 4.69) is 0 Å². The van der Waals surface area contributed by atoms with Crippen LogP contribution in [0.3, 0.4) is 0 Å². The number of hydrogen-bond acceptors (Lipinski definition) is 3. The average Bonchev–Trinajstić information content (AvgIpc) is 2.57. The van der Waals surface area contributed by atoms with Crippen LogP contribution in [0, 0.1) is 5.92 Å². The maximum Gasteiger partial charge on any atom is 0.349 e. The molecule has 1 aromatic heterocycles. The van der Waals surface area contributed by atoms with E-state index < -0.39 is 5.97 Å². The van der Waals surface area contributed by atoms with Crippen LogP contribution in [0.4, 0.5) is 0 Å². The maximum absolute atomic E-state index is 10.9. The summed E-state index contributed by atoms with van der Waals surface area (Å²) in [4.78, 5) is 12.3. The zero-order chi connectivity index (χ0) is 11.4. The molecule has 0 spiro atoms. The van der Waals surface area contributed by atoms with Gasteiger partial charge in [0.1, 0.15) is 5.75 Å². The minimum atomic E-state index is -0.904. The van der Waals surface area contributed by atoms with Crippen molar-refractivity contribution in [3.05, 3.63) is 15.8 Å². The lowest BCUT2D eigenvalue weighted by atomic mass is 10.2. The number of hydrogen-bond donors (Lipinski definition) is 1. The average molecular weight is 228 g/mol. The van der Waals surface area contributed by atoms with Crippen molar-refractivity contribution < 1.29 is 14.6 Å². The second kappa shape index (κ2) is 5.16. The zero-order valence-corrected chi connectivity index (χ0v) is 10.1. The maximum atomic E-state index is 10.9. The Hall–Kier alpha value is -1.03. The second-order valence-corrected chi connectivity index (χ2v) is 4.91. The molecule has 1 rings (SSSR count). The van der Waals surface area contributed by atoms with Gasteiger partial charge in [0.15, 0.2) is 4.88 Å². The van der Waals surface area contributed by atoms with Crippen LogP contribution in [0.25, 0.3) is 0 Å². The van der Waals surface area contributed by atoms with E-state index in [1.54, 1.807) is 0 Å². The molecule has 0 atom stereocenters. The van der Waals surface area contributed by atoms with Gasteiger partial charge < -0.3 is 9.84 Å². The predicted octanol–water partition coefficient (Wildman–Crippen LogP) is 3.04. The van der Waals surface area contributed by atoms with Crippen molar-refractivity contribution in [2.75, 3.05) is 6.61 Å². The summed E-state index contributed by atoms with van der Waals surface area (Å²) < 4.78 is 5.47. The summed E-state index contributed by atoms with van der Waals surface area (Å²) in [5.74, 6) is 0.00753. The lowest BCUT2D eigenvalue weighted by Crippen LogP contribution is -2.06. The molecule has 1 heterocycles. The SMILES string of the molecule is CCc1cc(OCC(C)C)c(C(=O)O)s1. The van der Waals surface area contributed by atoms with Crippen molar-refractivity contribution in [2.24, 2.45) is 5.92 Å². The Kier molecular flexibility index (Phi) is 4.15. The highest BCUT2D eigenvalue weighted by Crippen LogP contribution is 2.30. The van der Waals surface area contributed by atoms with Gasteiger partial charge in [-0.2, -0.15) is 0 Å². The number of ether oxygens (including phenoxy) is 1. The van der Waals surface area contributed by atoms with E-state index in [-0.39, 0.29) is 0 Å². The van der Waals surface area contributed by atoms with Crippen LogP contribution in [0.15, 0.2) is 6.07 Å². The topological polar surface area (TPSA) is 46.5 Å². The molecule has 3 nitrogen and oxygen atoms in total. The third-order valence-electron chi connectivity index (χ3n) is 1.86. The van der Waals surface area contributed by atoms with Crippen molar-refractivity contribution in [1.29, 1.82) is 0 Å². The molecule has 0 saturated carbocycles. The van der Waals surface area contributed by atoms with Gasteiger partial charge >= 0.3 is 5.97 Å². The van der Waals surface area contributed by atoms with Crippen molar-refractivity contribution in [3.63, 3.8) is 0 Å². The van der Waals surface area contributed by atoms with E-state index in [0.717, 1.165) is 11.3 Å². The summed E-state index contributed by atoms with van der Waals surface area (Å²) in [7, 11) is 0. The van der Waals surface area contributed by atoms with E-state index in [9.17, 15) is 4.79 Å². The van der Waals surface area contributed by atoms with Crippen molar-refractivity contribution in [2.45, 2.75) is 27.2 Å². The minimum absolute atomic E-state index is 0.313. The number of aromatic carboxylic acids is 1. The molecule has 15 heavy (non-hydrogen) atoms. The third-order valence-corrected chi connectivity index (χ3v) is 3.11. The smallest absolute Gasteiger partial charge is 0.349 e. The van der Waals surface area contributed by atoms with Gasteiger partial charge in [-0.3, -0.25) is 0 Å². The minimum Gasteiger partial charge on any atom is -0.492 e. The highest BCUT2D eigenvalue weighted by molar-refractivity contribution is 7.14. The number of rotatable bonds is 5. The van der Waals surface area contributed by atoms with E-state index in [1.807, 2.05) is 26.8 Å². The summed E-state index contributed by atoms with van der Waals surface area (Å²) in [6.45, 7) is 6.63. The Labute approximate surface area is 93.7 Å². The van der Waals surface area contributed by atoms with Crippen LogP contribution < -0.4 is 4.74 Å². The fraction of sp³-hybridized carbons (Fsp3) is 0.545. The number of thiophene rings is 1. The molecule has 0 fully saturated rings. The van der Waals surface area contributed by atoms with Crippen LogP contribution in [0.2, 0.25) is 0 Å². The van der Waals surface area contributed by atoms with E-state index in [4.69, 9.17) is 9.84 Å². The monoisotopic (exact) mass is 228 g/mol.